The van der Waals surface area contributed by atoms with Crippen molar-refractivity contribution in [3.8, 4) is 11.5 Å². The third-order valence-corrected chi connectivity index (χ3v) is 3.14. The summed E-state index contributed by atoms with van der Waals surface area (Å²) in [6, 6.07) is 5.01. The second kappa shape index (κ2) is 9.00. The molecular formula is C16H24N2O3. The van der Waals surface area contributed by atoms with Gasteiger partial charge in [-0.25, -0.2) is 5.43 Å². The lowest BCUT2D eigenvalue weighted by Gasteiger charge is -2.09. The van der Waals surface area contributed by atoms with Gasteiger partial charge in [0.05, 0.1) is 14.2 Å². The van der Waals surface area contributed by atoms with Crippen molar-refractivity contribution in [2.24, 2.45) is 5.10 Å². The van der Waals surface area contributed by atoms with Crippen molar-refractivity contribution in [2.75, 3.05) is 14.2 Å². The van der Waals surface area contributed by atoms with Crippen LogP contribution in [0.4, 0.5) is 0 Å². The lowest BCUT2D eigenvalue weighted by Crippen LogP contribution is -2.19. The third kappa shape index (κ3) is 5.45. The Kier molecular flexibility index (Phi) is 7.29. The molecule has 0 saturated heterocycles. The molecule has 5 heteroatoms. The molecule has 0 unspecified atom stereocenters. The maximum atomic E-state index is 12.0. The van der Waals surface area contributed by atoms with Gasteiger partial charge in [-0.15, -0.1) is 0 Å². The van der Waals surface area contributed by atoms with Gasteiger partial charge >= 0.3 is 0 Å². The van der Waals surface area contributed by atoms with Crippen molar-refractivity contribution in [3.63, 3.8) is 0 Å². The Hall–Kier alpha value is -2.04. The van der Waals surface area contributed by atoms with Crippen LogP contribution in [-0.4, -0.2) is 25.8 Å². The van der Waals surface area contributed by atoms with E-state index in [1.807, 2.05) is 6.92 Å². The lowest BCUT2D eigenvalue weighted by molar-refractivity contribution is 0.0954. The molecule has 21 heavy (non-hydrogen) atoms. The van der Waals surface area contributed by atoms with E-state index in [0.29, 0.717) is 17.1 Å². The van der Waals surface area contributed by atoms with E-state index in [4.69, 9.17) is 9.47 Å². The summed E-state index contributed by atoms with van der Waals surface area (Å²) >= 11 is 0. The first-order valence-corrected chi connectivity index (χ1v) is 7.17. The Labute approximate surface area is 126 Å². The number of ether oxygens (including phenoxy) is 2. The molecule has 1 aromatic carbocycles. The molecule has 0 aromatic heterocycles. The van der Waals surface area contributed by atoms with E-state index in [0.717, 1.165) is 18.6 Å². The van der Waals surface area contributed by atoms with E-state index >= 15 is 0 Å². The van der Waals surface area contributed by atoms with Gasteiger partial charge in [0.25, 0.3) is 5.91 Å². The Morgan fingerprint density at radius 3 is 2.52 bits per heavy atom. The van der Waals surface area contributed by atoms with Crippen molar-refractivity contribution in [1.82, 2.24) is 5.43 Å². The molecule has 0 aliphatic carbocycles. The highest BCUT2D eigenvalue weighted by Gasteiger charge is 2.10. The highest BCUT2D eigenvalue weighted by Crippen LogP contribution is 2.27. The molecule has 0 heterocycles. The zero-order valence-electron chi connectivity index (χ0n) is 13.2. The lowest BCUT2D eigenvalue weighted by atomic mass is 10.1. The molecule has 0 aliphatic heterocycles. The van der Waals surface area contributed by atoms with Gasteiger partial charge in [-0.05, 0) is 38.0 Å². The topological polar surface area (TPSA) is 59.9 Å². The molecule has 5 nitrogen and oxygen atoms in total. The van der Waals surface area contributed by atoms with Gasteiger partial charge in [0.15, 0.2) is 11.5 Å². The normalized spacial score (nSPS) is 11.1. The third-order valence-electron chi connectivity index (χ3n) is 3.14. The number of rotatable bonds is 8. The number of nitrogens with one attached hydrogen (secondary N) is 1. The van der Waals surface area contributed by atoms with E-state index in [1.54, 1.807) is 25.3 Å². The second-order valence-electron chi connectivity index (χ2n) is 4.81. The molecule has 0 radical (unpaired) electrons. The SMILES string of the molecule is CCCCC/C(C)=N/NC(=O)c1ccc(OC)c(OC)c1. The van der Waals surface area contributed by atoms with E-state index in [-0.39, 0.29) is 5.91 Å². The van der Waals surface area contributed by atoms with Gasteiger partial charge < -0.3 is 9.47 Å². The first-order valence-electron chi connectivity index (χ1n) is 7.17. The zero-order valence-corrected chi connectivity index (χ0v) is 13.2. The number of amides is 1. The molecule has 1 N–H and O–H groups in total. The van der Waals surface area contributed by atoms with Crippen molar-refractivity contribution in [2.45, 2.75) is 39.5 Å². The Morgan fingerprint density at radius 1 is 1.19 bits per heavy atom. The van der Waals surface area contributed by atoms with Crippen LogP contribution in [-0.2, 0) is 0 Å². The first-order chi connectivity index (χ1) is 10.1. The molecule has 0 bridgehead atoms. The van der Waals surface area contributed by atoms with Gasteiger partial charge in [0.2, 0.25) is 0 Å². The summed E-state index contributed by atoms with van der Waals surface area (Å²) in [6.07, 6.45) is 4.35. The number of hydrogen-bond acceptors (Lipinski definition) is 4. The summed E-state index contributed by atoms with van der Waals surface area (Å²) in [4.78, 5) is 12.0. The van der Waals surface area contributed by atoms with Gasteiger partial charge in [-0.3, -0.25) is 4.79 Å². The maximum Gasteiger partial charge on any atom is 0.271 e. The van der Waals surface area contributed by atoms with Crippen LogP contribution in [0.25, 0.3) is 0 Å². The zero-order chi connectivity index (χ0) is 15.7. The van der Waals surface area contributed by atoms with E-state index in [9.17, 15) is 4.79 Å². The number of carbonyl (C=O) groups excluding carboxylic acids is 1. The standard InChI is InChI=1S/C16H24N2O3/c1-5-6-7-8-12(2)17-18-16(19)13-9-10-14(20-3)15(11-13)21-4/h9-11H,5-8H2,1-4H3,(H,18,19)/b17-12+. The minimum atomic E-state index is -0.259. The minimum Gasteiger partial charge on any atom is -0.493 e. The van der Waals surface area contributed by atoms with Crippen LogP contribution in [0.5, 0.6) is 11.5 Å². The molecule has 1 aromatic rings. The number of nitrogens with zero attached hydrogens (tertiary/aromatic N) is 1. The maximum absolute atomic E-state index is 12.0. The number of hydrogen-bond donors (Lipinski definition) is 1. The molecular weight excluding hydrogens is 268 g/mol. The summed E-state index contributed by atoms with van der Waals surface area (Å²) < 4.78 is 10.3. The summed E-state index contributed by atoms with van der Waals surface area (Å²) in [5.41, 5.74) is 3.98. The number of unbranched alkanes of at least 4 members (excludes halogenated alkanes) is 2. The van der Waals surface area contributed by atoms with Crippen LogP contribution >= 0.6 is 0 Å². The van der Waals surface area contributed by atoms with Crippen LogP contribution in [0.1, 0.15) is 49.9 Å². The molecule has 0 atom stereocenters. The van der Waals surface area contributed by atoms with Crippen LogP contribution in [0.3, 0.4) is 0 Å². The fraction of sp³-hybridized carbons (Fsp3) is 0.500. The summed E-state index contributed by atoms with van der Waals surface area (Å²) in [7, 11) is 3.09. The van der Waals surface area contributed by atoms with Crippen molar-refractivity contribution in [1.29, 1.82) is 0 Å². The summed E-state index contributed by atoms with van der Waals surface area (Å²) in [5.74, 6) is 0.855. The fourth-order valence-corrected chi connectivity index (χ4v) is 1.87. The molecule has 0 saturated carbocycles. The van der Waals surface area contributed by atoms with Crippen molar-refractivity contribution in [3.05, 3.63) is 23.8 Å². The highest BCUT2D eigenvalue weighted by molar-refractivity contribution is 5.95. The number of benzene rings is 1. The Morgan fingerprint density at radius 2 is 1.90 bits per heavy atom. The van der Waals surface area contributed by atoms with Crippen LogP contribution < -0.4 is 14.9 Å². The summed E-state index contributed by atoms with van der Waals surface area (Å²) in [5, 5.41) is 4.12. The van der Waals surface area contributed by atoms with Crippen LogP contribution in [0.2, 0.25) is 0 Å². The number of hydrazone groups is 1. The molecule has 0 aliphatic rings. The van der Waals surface area contributed by atoms with Crippen molar-refractivity contribution < 1.29 is 14.3 Å². The van der Waals surface area contributed by atoms with E-state index in [2.05, 4.69) is 17.5 Å². The smallest absolute Gasteiger partial charge is 0.271 e. The molecule has 116 valence electrons. The van der Waals surface area contributed by atoms with Crippen molar-refractivity contribution >= 4 is 11.6 Å². The van der Waals surface area contributed by atoms with Gasteiger partial charge in [0.1, 0.15) is 0 Å². The molecule has 1 rings (SSSR count). The predicted molar refractivity (Wildman–Crippen MR) is 84.3 cm³/mol. The first kappa shape index (κ1) is 17.0. The average molecular weight is 292 g/mol. The average Bonchev–Trinajstić information content (AvgIpc) is 2.52. The number of methoxy groups -OCH3 is 2. The highest BCUT2D eigenvalue weighted by atomic mass is 16.5. The Balaban J connectivity index is 2.65. The van der Waals surface area contributed by atoms with Gasteiger partial charge in [-0.1, -0.05) is 19.8 Å². The molecule has 0 spiro atoms. The van der Waals surface area contributed by atoms with Gasteiger partial charge in [0, 0.05) is 11.3 Å². The Bertz CT molecular complexity index is 498. The second-order valence-corrected chi connectivity index (χ2v) is 4.81. The largest absolute Gasteiger partial charge is 0.493 e. The predicted octanol–water partition coefficient (Wildman–Crippen LogP) is 3.39. The number of carbonyl (C=O) groups is 1. The van der Waals surface area contributed by atoms with Crippen LogP contribution in [0.15, 0.2) is 23.3 Å². The van der Waals surface area contributed by atoms with Gasteiger partial charge in [-0.2, -0.15) is 5.10 Å². The fourth-order valence-electron chi connectivity index (χ4n) is 1.87. The van der Waals surface area contributed by atoms with Crippen LogP contribution in [0, 0.1) is 0 Å². The quantitative estimate of drug-likeness (QED) is 0.454. The molecule has 0 fully saturated rings. The monoisotopic (exact) mass is 292 g/mol. The summed E-state index contributed by atoms with van der Waals surface area (Å²) in [6.45, 7) is 4.08. The minimum absolute atomic E-state index is 0.259. The molecule has 1 amide bonds. The van der Waals surface area contributed by atoms with E-state index < -0.39 is 0 Å². The van der Waals surface area contributed by atoms with E-state index in [1.165, 1.54) is 20.0 Å².